The SMILES string of the molecule is COC[C@@H]1[C@H]2OC(C)(C)O[C@H]2C(=O)N1C(=O)OC(C)(C)C. The van der Waals surface area contributed by atoms with Crippen molar-refractivity contribution >= 4 is 12.0 Å². The van der Waals surface area contributed by atoms with E-state index in [-0.39, 0.29) is 6.61 Å². The molecule has 2 fully saturated rings. The largest absolute Gasteiger partial charge is 0.443 e. The predicted octanol–water partition coefficient (Wildman–Crippen LogP) is 1.30. The summed E-state index contributed by atoms with van der Waals surface area (Å²) in [6.07, 6.45) is -2.04. The van der Waals surface area contributed by atoms with Gasteiger partial charge in [-0.15, -0.1) is 0 Å². The number of hydrogen-bond acceptors (Lipinski definition) is 6. The lowest BCUT2D eigenvalue weighted by Gasteiger charge is -2.30. The van der Waals surface area contributed by atoms with Gasteiger partial charge in [0.2, 0.25) is 0 Å². The molecule has 0 aromatic carbocycles. The summed E-state index contributed by atoms with van der Waals surface area (Å²) in [5.74, 6) is -1.29. The van der Waals surface area contributed by atoms with Crippen molar-refractivity contribution in [1.82, 2.24) is 4.90 Å². The van der Waals surface area contributed by atoms with Gasteiger partial charge in [0.25, 0.3) is 5.91 Å². The van der Waals surface area contributed by atoms with Crippen LogP contribution in [0.3, 0.4) is 0 Å². The maximum absolute atomic E-state index is 12.5. The van der Waals surface area contributed by atoms with Gasteiger partial charge in [0.1, 0.15) is 11.7 Å². The molecular weight excluding hydrogens is 278 g/mol. The number of amides is 2. The van der Waals surface area contributed by atoms with E-state index in [1.165, 1.54) is 7.11 Å². The summed E-state index contributed by atoms with van der Waals surface area (Å²) in [7, 11) is 1.51. The average Bonchev–Trinajstić information content (AvgIpc) is 2.72. The summed E-state index contributed by atoms with van der Waals surface area (Å²) in [4.78, 5) is 25.8. The van der Waals surface area contributed by atoms with Gasteiger partial charge in [0, 0.05) is 7.11 Å². The Balaban J connectivity index is 2.22. The zero-order valence-electron chi connectivity index (χ0n) is 13.3. The molecule has 0 aliphatic carbocycles. The summed E-state index contributed by atoms with van der Waals surface area (Å²) in [5.41, 5.74) is -0.687. The number of ether oxygens (including phenoxy) is 4. The molecule has 0 aromatic heterocycles. The predicted molar refractivity (Wildman–Crippen MR) is 72.6 cm³/mol. The van der Waals surface area contributed by atoms with Gasteiger partial charge in [0.05, 0.1) is 12.6 Å². The number of likely N-dealkylation sites (tertiary alicyclic amines) is 1. The van der Waals surface area contributed by atoms with Gasteiger partial charge in [0.15, 0.2) is 11.9 Å². The lowest BCUT2D eigenvalue weighted by Crippen LogP contribution is -2.48. The molecule has 2 heterocycles. The van der Waals surface area contributed by atoms with Crippen molar-refractivity contribution in [3.8, 4) is 0 Å². The van der Waals surface area contributed by atoms with Crippen LogP contribution in [0.4, 0.5) is 4.79 Å². The summed E-state index contributed by atoms with van der Waals surface area (Å²) in [6, 6.07) is -0.552. The Labute approximate surface area is 124 Å². The highest BCUT2D eigenvalue weighted by Crippen LogP contribution is 2.38. The first-order valence-corrected chi connectivity index (χ1v) is 6.96. The van der Waals surface area contributed by atoms with Gasteiger partial charge in [-0.3, -0.25) is 4.79 Å². The van der Waals surface area contributed by atoms with E-state index in [2.05, 4.69) is 0 Å². The molecule has 0 saturated carbocycles. The van der Waals surface area contributed by atoms with E-state index in [0.29, 0.717) is 0 Å². The van der Waals surface area contributed by atoms with E-state index < -0.39 is 41.6 Å². The summed E-state index contributed by atoms with van der Waals surface area (Å²) >= 11 is 0. The van der Waals surface area contributed by atoms with Gasteiger partial charge in [-0.05, 0) is 34.6 Å². The molecule has 0 unspecified atom stereocenters. The van der Waals surface area contributed by atoms with E-state index >= 15 is 0 Å². The Hall–Kier alpha value is -1.18. The Kier molecular flexibility index (Phi) is 4.03. The van der Waals surface area contributed by atoms with Crippen molar-refractivity contribution < 1.29 is 28.5 Å². The van der Waals surface area contributed by atoms with Crippen LogP contribution in [0.5, 0.6) is 0 Å². The fourth-order valence-corrected chi connectivity index (χ4v) is 2.59. The number of imide groups is 1. The number of nitrogens with zero attached hydrogens (tertiary/aromatic N) is 1. The highest BCUT2D eigenvalue weighted by atomic mass is 16.8. The molecule has 3 atom stereocenters. The molecule has 120 valence electrons. The standard InChI is InChI=1S/C14H23NO6/c1-13(2,3)21-12(17)15-8(7-18-6)9-10(11(15)16)20-14(4,5)19-9/h8-10H,7H2,1-6H3/t8-,9-,10-/m1/s1. The first-order chi connectivity index (χ1) is 9.56. The van der Waals surface area contributed by atoms with Crippen LogP contribution in [0.25, 0.3) is 0 Å². The fourth-order valence-electron chi connectivity index (χ4n) is 2.59. The molecule has 7 heteroatoms. The molecule has 2 saturated heterocycles. The van der Waals surface area contributed by atoms with E-state index in [4.69, 9.17) is 18.9 Å². The molecule has 0 aromatic rings. The molecule has 0 spiro atoms. The number of carbonyl (C=O) groups is 2. The van der Waals surface area contributed by atoms with Gasteiger partial charge in [-0.2, -0.15) is 0 Å². The minimum atomic E-state index is -0.850. The maximum Gasteiger partial charge on any atom is 0.417 e. The quantitative estimate of drug-likeness (QED) is 0.765. The van der Waals surface area contributed by atoms with Crippen LogP contribution in [0.1, 0.15) is 34.6 Å². The Morgan fingerprint density at radius 2 is 1.95 bits per heavy atom. The third-order valence-electron chi connectivity index (χ3n) is 3.25. The molecule has 0 radical (unpaired) electrons. The lowest BCUT2D eigenvalue weighted by molar-refractivity contribution is -0.173. The van der Waals surface area contributed by atoms with Crippen LogP contribution in [-0.4, -0.2) is 60.3 Å². The zero-order valence-corrected chi connectivity index (χ0v) is 13.3. The normalized spacial score (nSPS) is 31.4. The molecule has 2 aliphatic rings. The van der Waals surface area contributed by atoms with Crippen molar-refractivity contribution in [2.45, 2.75) is 64.3 Å². The fraction of sp³-hybridized carbons (Fsp3) is 0.857. The second-order valence-electron chi connectivity index (χ2n) is 6.73. The summed E-state index contributed by atoms with van der Waals surface area (Å²) in [5, 5.41) is 0. The van der Waals surface area contributed by atoms with E-state index in [1.54, 1.807) is 34.6 Å². The van der Waals surface area contributed by atoms with Crippen LogP contribution >= 0.6 is 0 Å². The smallest absolute Gasteiger partial charge is 0.417 e. The highest BCUT2D eigenvalue weighted by molar-refractivity contribution is 5.98. The van der Waals surface area contributed by atoms with Crippen molar-refractivity contribution in [3.63, 3.8) is 0 Å². The van der Waals surface area contributed by atoms with E-state index in [1.807, 2.05) is 0 Å². The summed E-state index contributed by atoms with van der Waals surface area (Å²) in [6.45, 7) is 8.88. The third-order valence-corrected chi connectivity index (χ3v) is 3.25. The van der Waals surface area contributed by atoms with Gasteiger partial charge in [-0.1, -0.05) is 0 Å². The molecule has 0 N–H and O–H groups in total. The topological polar surface area (TPSA) is 74.3 Å². The van der Waals surface area contributed by atoms with Gasteiger partial charge >= 0.3 is 6.09 Å². The van der Waals surface area contributed by atoms with Gasteiger partial charge < -0.3 is 18.9 Å². The minimum absolute atomic E-state index is 0.172. The molecular formula is C14H23NO6. The number of carbonyl (C=O) groups excluding carboxylic acids is 2. The van der Waals surface area contributed by atoms with Crippen LogP contribution in [0.15, 0.2) is 0 Å². The Morgan fingerprint density at radius 3 is 2.48 bits per heavy atom. The van der Waals surface area contributed by atoms with Crippen molar-refractivity contribution in [3.05, 3.63) is 0 Å². The number of fused-ring (bicyclic) bond motifs is 1. The number of rotatable bonds is 2. The first kappa shape index (κ1) is 16.2. The third kappa shape index (κ3) is 3.20. The second-order valence-corrected chi connectivity index (χ2v) is 6.73. The molecule has 2 rings (SSSR count). The molecule has 7 nitrogen and oxygen atoms in total. The summed E-state index contributed by atoms with van der Waals surface area (Å²) < 4.78 is 21.8. The van der Waals surface area contributed by atoms with Crippen LogP contribution in [-0.2, 0) is 23.7 Å². The minimum Gasteiger partial charge on any atom is -0.443 e. The van der Waals surface area contributed by atoms with Crippen LogP contribution in [0, 0.1) is 0 Å². The monoisotopic (exact) mass is 301 g/mol. The highest BCUT2D eigenvalue weighted by Gasteiger charge is 2.60. The maximum atomic E-state index is 12.5. The van der Waals surface area contributed by atoms with Crippen LogP contribution in [0.2, 0.25) is 0 Å². The molecule has 2 aliphatic heterocycles. The van der Waals surface area contributed by atoms with E-state index in [9.17, 15) is 9.59 Å². The molecule has 21 heavy (non-hydrogen) atoms. The lowest BCUT2D eigenvalue weighted by atomic mass is 10.1. The number of methoxy groups -OCH3 is 1. The van der Waals surface area contributed by atoms with Crippen LogP contribution < -0.4 is 0 Å². The Bertz CT molecular complexity index is 441. The van der Waals surface area contributed by atoms with Crippen molar-refractivity contribution in [1.29, 1.82) is 0 Å². The molecule has 0 bridgehead atoms. The van der Waals surface area contributed by atoms with Gasteiger partial charge in [-0.25, -0.2) is 9.69 Å². The number of hydrogen-bond donors (Lipinski definition) is 0. The molecule has 2 amide bonds. The zero-order chi connectivity index (χ0) is 16.0. The first-order valence-electron chi connectivity index (χ1n) is 6.96. The van der Waals surface area contributed by atoms with Crippen molar-refractivity contribution in [2.75, 3.05) is 13.7 Å². The second kappa shape index (κ2) is 5.23. The van der Waals surface area contributed by atoms with Crippen molar-refractivity contribution in [2.24, 2.45) is 0 Å². The average molecular weight is 301 g/mol. The Morgan fingerprint density at radius 1 is 1.33 bits per heavy atom. The van der Waals surface area contributed by atoms with E-state index in [0.717, 1.165) is 4.90 Å².